The van der Waals surface area contributed by atoms with Crippen LogP contribution >= 0.6 is 0 Å². The van der Waals surface area contributed by atoms with Gasteiger partial charge in [0.15, 0.2) is 11.6 Å². The van der Waals surface area contributed by atoms with E-state index in [1.54, 1.807) is 0 Å². The number of aryl methyl sites for hydroxylation is 1. The van der Waals surface area contributed by atoms with Gasteiger partial charge >= 0.3 is 0 Å². The fraction of sp³-hybridized carbons (Fsp3) is 0.545. The molecule has 0 fully saturated rings. The Morgan fingerprint density at radius 3 is 2.03 bits per heavy atom. The molecule has 0 bridgehead atoms. The molecule has 2 heterocycles. The normalized spacial score (nSPS) is 12.1. The third-order valence-corrected chi connectivity index (χ3v) is 5.50. The number of benzene rings is 1. The van der Waals surface area contributed by atoms with Crippen LogP contribution < -0.4 is 0 Å². The van der Waals surface area contributed by atoms with E-state index in [9.17, 15) is 0 Å². The summed E-state index contributed by atoms with van der Waals surface area (Å²) in [6.07, 6.45) is 14.7. The van der Waals surface area contributed by atoms with Crippen LogP contribution in [0, 0.1) is 5.92 Å². The van der Waals surface area contributed by atoms with E-state index in [1.807, 2.05) is 6.08 Å². The smallest absolute Gasteiger partial charge is 0.174 e. The highest BCUT2D eigenvalue weighted by atomic mass is 15.5. The minimum absolute atomic E-state index is 0.534. The molecule has 3 rings (SSSR count). The standard InChI is InChI=1S/C22H32N8/c1-2-18-12-14-19(15-13-18)16-20(17-22-25-29-30-26-22)10-8-6-4-3-5-7-9-11-21-23-27-28-24-21/h2,12-15,20H,1,3-11,16-17H2,(H,23,24,27,28)(H,25,26,29,30). The highest BCUT2D eigenvalue weighted by Crippen LogP contribution is 2.21. The van der Waals surface area contributed by atoms with Crippen LogP contribution in [0.5, 0.6) is 0 Å². The predicted octanol–water partition coefficient (Wildman–Crippen LogP) is 4.12. The quantitative estimate of drug-likeness (QED) is 0.366. The Hall–Kier alpha value is -2.90. The lowest BCUT2D eigenvalue weighted by atomic mass is 9.90. The molecule has 8 nitrogen and oxygen atoms in total. The van der Waals surface area contributed by atoms with Crippen molar-refractivity contribution in [3.63, 3.8) is 0 Å². The molecule has 0 aliphatic carbocycles. The summed E-state index contributed by atoms with van der Waals surface area (Å²) in [5.74, 6) is 2.17. The van der Waals surface area contributed by atoms with E-state index in [1.165, 1.54) is 50.5 Å². The van der Waals surface area contributed by atoms with Crippen LogP contribution in [0.1, 0.15) is 74.1 Å². The van der Waals surface area contributed by atoms with E-state index in [0.29, 0.717) is 5.92 Å². The van der Waals surface area contributed by atoms with Crippen LogP contribution in [0.15, 0.2) is 30.8 Å². The Morgan fingerprint density at radius 2 is 1.40 bits per heavy atom. The number of hydrogen-bond acceptors (Lipinski definition) is 6. The third kappa shape index (κ3) is 7.85. The van der Waals surface area contributed by atoms with Crippen LogP contribution in [-0.2, 0) is 19.3 Å². The monoisotopic (exact) mass is 408 g/mol. The summed E-state index contributed by atoms with van der Waals surface area (Å²) in [5.41, 5.74) is 2.52. The second kappa shape index (κ2) is 12.6. The molecule has 0 spiro atoms. The lowest BCUT2D eigenvalue weighted by molar-refractivity contribution is 0.437. The first-order valence-electron chi connectivity index (χ1n) is 11.0. The number of aromatic amines is 2. The molecule has 0 saturated carbocycles. The molecule has 160 valence electrons. The second-order valence-electron chi connectivity index (χ2n) is 7.89. The number of hydrogen-bond donors (Lipinski definition) is 2. The van der Waals surface area contributed by atoms with Gasteiger partial charge in [-0.25, -0.2) is 0 Å². The highest BCUT2D eigenvalue weighted by Gasteiger charge is 2.13. The van der Waals surface area contributed by atoms with Gasteiger partial charge in [-0.2, -0.15) is 10.4 Å². The zero-order valence-electron chi connectivity index (χ0n) is 17.6. The van der Waals surface area contributed by atoms with Gasteiger partial charge in [0.1, 0.15) is 0 Å². The topological polar surface area (TPSA) is 109 Å². The van der Waals surface area contributed by atoms with Gasteiger partial charge < -0.3 is 0 Å². The van der Waals surface area contributed by atoms with Gasteiger partial charge in [-0.05, 0) is 36.3 Å². The molecule has 1 aromatic carbocycles. The maximum absolute atomic E-state index is 4.15. The summed E-state index contributed by atoms with van der Waals surface area (Å²) in [5, 5.41) is 28.7. The van der Waals surface area contributed by atoms with Crippen LogP contribution in [0.4, 0.5) is 0 Å². The number of rotatable bonds is 15. The van der Waals surface area contributed by atoms with Gasteiger partial charge in [0, 0.05) is 12.8 Å². The van der Waals surface area contributed by atoms with E-state index in [-0.39, 0.29) is 0 Å². The zero-order valence-corrected chi connectivity index (χ0v) is 17.6. The van der Waals surface area contributed by atoms with Crippen molar-refractivity contribution in [1.29, 1.82) is 0 Å². The van der Waals surface area contributed by atoms with Gasteiger partial charge in [-0.15, -0.1) is 20.4 Å². The summed E-state index contributed by atoms with van der Waals surface area (Å²) in [6.45, 7) is 3.83. The minimum Gasteiger partial charge on any atom is -0.177 e. The molecular formula is C22H32N8. The third-order valence-electron chi connectivity index (χ3n) is 5.50. The number of nitrogens with zero attached hydrogens (tertiary/aromatic N) is 6. The number of nitrogens with one attached hydrogen (secondary N) is 2. The van der Waals surface area contributed by atoms with Crippen LogP contribution in [0.2, 0.25) is 0 Å². The molecule has 1 atom stereocenters. The van der Waals surface area contributed by atoms with Crippen molar-refractivity contribution < 1.29 is 0 Å². The average Bonchev–Trinajstić information content (AvgIpc) is 3.47. The van der Waals surface area contributed by atoms with Crippen molar-refractivity contribution >= 4 is 6.08 Å². The van der Waals surface area contributed by atoms with Gasteiger partial charge in [0.25, 0.3) is 0 Å². The molecule has 0 radical (unpaired) electrons. The minimum atomic E-state index is 0.534. The van der Waals surface area contributed by atoms with E-state index >= 15 is 0 Å². The van der Waals surface area contributed by atoms with Crippen molar-refractivity contribution in [3.05, 3.63) is 53.6 Å². The Bertz CT molecular complexity index is 811. The summed E-state index contributed by atoms with van der Waals surface area (Å²) in [6, 6.07) is 8.67. The Morgan fingerprint density at radius 1 is 0.767 bits per heavy atom. The highest BCUT2D eigenvalue weighted by molar-refractivity contribution is 5.47. The summed E-state index contributed by atoms with van der Waals surface area (Å²) < 4.78 is 0. The average molecular weight is 409 g/mol. The van der Waals surface area contributed by atoms with Crippen LogP contribution in [0.3, 0.4) is 0 Å². The molecule has 0 aliphatic heterocycles. The molecule has 3 aromatic rings. The Balaban J connectivity index is 1.32. The molecular weight excluding hydrogens is 376 g/mol. The van der Waals surface area contributed by atoms with Crippen molar-refractivity contribution in [1.82, 2.24) is 41.2 Å². The van der Waals surface area contributed by atoms with Crippen molar-refractivity contribution in [2.45, 2.75) is 70.6 Å². The molecule has 0 amide bonds. The fourth-order valence-electron chi connectivity index (χ4n) is 3.82. The van der Waals surface area contributed by atoms with Crippen molar-refractivity contribution in [2.24, 2.45) is 5.92 Å². The lowest BCUT2D eigenvalue weighted by Crippen LogP contribution is -2.10. The maximum Gasteiger partial charge on any atom is 0.174 e. The Kier molecular flexibility index (Phi) is 9.17. The molecule has 0 aliphatic rings. The number of tetrazole rings is 2. The van der Waals surface area contributed by atoms with Gasteiger partial charge in [0.05, 0.1) is 0 Å². The lowest BCUT2D eigenvalue weighted by Gasteiger charge is -2.15. The number of aromatic nitrogens is 8. The van der Waals surface area contributed by atoms with Gasteiger partial charge in [-0.3, -0.25) is 0 Å². The number of H-pyrrole nitrogens is 2. The van der Waals surface area contributed by atoms with Crippen LogP contribution in [-0.4, -0.2) is 41.2 Å². The van der Waals surface area contributed by atoms with E-state index in [0.717, 1.165) is 42.9 Å². The largest absolute Gasteiger partial charge is 0.177 e. The zero-order chi connectivity index (χ0) is 20.9. The Labute approximate surface area is 178 Å². The van der Waals surface area contributed by atoms with Crippen molar-refractivity contribution in [2.75, 3.05) is 0 Å². The molecule has 1 unspecified atom stereocenters. The SMILES string of the molecule is C=Cc1ccc(CC(CCCCCCCCCc2nn[nH]n2)Cc2nn[nH]n2)cc1. The van der Waals surface area contributed by atoms with E-state index in [2.05, 4.69) is 72.1 Å². The van der Waals surface area contributed by atoms with E-state index in [4.69, 9.17) is 0 Å². The molecule has 8 heteroatoms. The molecule has 30 heavy (non-hydrogen) atoms. The van der Waals surface area contributed by atoms with E-state index < -0.39 is 0 Å². The first kappa shape index (κ1) is 21.8. The first-order valence-corrected chi connectivity index (χ1v) is 11.0. The molecule has 0 saturated heterocycles. The first-order chi connectivity index (χ1) is 14.8. The van der Waals surface area contributed by atoms with Gasteiger partial charge in [0.2, 0.25) is 0 Å². The second-order valence-corrected chi connectivity index (χ2v) is 7.89. The van der Waals surface area contributed by atoms with Crippen LogP contribution in [0.25, 0.3) is 6.08 Å². The maximum atomic E-state index is 4.15. The summed E-state index contributed by atoms with van der Waals surface area (Å²) in [4.78, 5) is 0. The predicted molar refractivity (Wildman–Crippen MR) is 116 cm³/mol. The fourth-order valence-corrected chi connectivity index (χ4v) is 3.82. The molecule has 2 aromatic heterocycles. The van der Waals surface area contributed by atoms with Gasteiger partial charge in [-0.1, -0.05) is 85.9 Å². The molecule has 2 N–H and O–H groups in total. The summed E-state index contributed by atoms with van der Waals surface area (Å²) >= 11 is 0. The number of unbranched alkanes of at least 4 members (excludes halogenated alkanes) is 6. The van der Waals surface area contributed by atoms with Crippen molar-refractivity contribution in [3.8, 4) is 0 Å². The summed E-state index contributed by atoms with van der Waals surface area (Å²) in [7, 11) is 0.